The molecule has 1 amide bonds. The third-order valence-electron chi connectivity index (χ3n) is 3.56. The SMILES string of the molecule is CC(C)CC(C)(C)C(=O)N1CCCC(C(=O)O)C1. The molecule has 1 rings (SSSR count). The van der Waals surface area contributed by atoms with E-state index in [-0.39, 0.29) is 5.91 Å². The van der Waals surface area contributed by atoms with E-state index in [2.05, 4.69) is 13.8 Å². The molecule has 1 heterocycles. The van der Waals surface area contributed by atoms with Gasteiger partial charge in [0, 0.05) is 18.5 Å². The Bertz CT molecular complexity index is 323. The molecular weight excluding hydrogens is 230 g/mol. The van der Waals surface area contributed by atoms with Crippen molar-refractivity contribution in [3.05, 3.63) is 0 Å². The van der Waals surface area contributed by atoms with Crippen LogP contribution in [0.2, 0.25) is 0 Å². The number of hydrogen-bond donors (Lipinski definition) is 1. The molecule has 1 N–H and O–H groups in total. The highest BCUT2D eigenvalue weighted by Gasteiger charge is 2.36. The van der Waals surface area contributed by atoms with Gasteiger partial charge in [-0.1, -0.05) is 27.7 Å². The zero-order valence-corrected chi connectivity index (χ0v) is 11.9. The van der Waals surface area contributed by atoms with Crippen molar-refractivity contribution in [3.8, 4) is 0 Å². The fourth-order valence-corrected chi connectivity index (χ4v) is 2.90. The third kappa shape index (κ3) is 3.72. The Hall–Kier alpha value is -1.06. The quantitative estimate of drug-likeness (QED) is 0.839. The Morgan fingerprint density at radius 3 is 2.50 bits per heavy atom. The van der Waals surface area contributed by atoms with Gasteiger partial charge in [-0.15, -0.1) is 0 Å². The standard InChI is InChI=1S/C14H25NO3/c1-10(2)8-14(3,4)13(18)15-7-5-6-11(9-15)12(16)17/h10-11H,5-9H2,1-4H3,(H,16,17). The van der Waals surface area contributed by atoms with Gasteiger partial charge in [-0.2, -0.15) is 0 Å². The number of carbonyl (C=O) groups is 2. The second kappa shape index (κ2) is 5.72. The Balaban J connectivity index is 2.68. The molecular formula is C14H25NO3. The van der Waals surface area contributed by atoms with E-state index in [4.69, 9.17) is 5.11 Å². The van der Waals surface area contributed by atoms with E-state index in [1.807, 2.05) is 13.8 Å². The van der Waals surface area contributed by atoms with Crippen molar-refractivity contribution in [2.75, 3.05) is 13.1 Å². The topological polar surface area (TPSA) is 57.6 Å². The van der Waals surface area contributed by atoms with Crippen LogP contribution in [0.1, 0.15) is 47.0 Å². The van der Waals surface area contributed by atoms with Crippen LogP contribution in [0.5, 0.6) is 0 Å². The van der Waals surface area contributed by atoms with Crippen LogP contribution < -0.4 is 0 Å². The van der Waals surface area contributed by atoms with E-state index in [0.29, 0.717) is 25.4 Å². The summed E-state index contributed by atoms with van der Waals surface area (Å²) in [6.45, 7) is 9.19. The zero-order chi connectivity index (χ0) is 13.9. The van der Waals surface area contributed by atoms with Gasteiger partial charge in [-0.25, -0.2) is 0 Å². The number of aliphatic carboxylic acids is 1. The molecule has 0 saturated carbocycles. The summed E-state index contributed by atoms with van der Waals surface area (Å²) in [4.78, 5) is 25.2. The molecule has 0 radical (unpaired) electrons. The van der Waals surface area contributed by atoms with E-state index in [1.165, 1.54) is 0 Å². The number of nitrogens with zero attached hydrogens (tertiary/aromatic N) is 1. The Kier molecular flexibility index (Phi) is 4.77. The highest BCUT2D eigenvalue weighted by Crippen LogP contribution is 2.30. The van der Waals surface area contributed by atoms with E-state index < -0.39 is 17.3 Å². The molecule has 0 aromatic carbocycles. The first-order chi connectivity index (χ1) is 8.24. The Morgan fingerprint density at radius 1 is 1.39 bits per heavy atom. The first kappa shape index (κ1) is 15.0. The molecule has 1 fully saturated rings. The van der Waals surface area contributed by atoms with Crippen molar-refractivity contribution in [2.45, 2.75) is 47.0 Å². The zero-order valence-electron chi connectivity index (χ0n) is 11.9. The molecule has 1 aliphatic rings. The van der Waals surface area contributed by atoms with Crippen molar-refractivity contribution in [1.29, 1.82) is 0 Å². The minimum atomic E-state index is -0.783. The van der Waals surface area contributed by atoms with E-state index in [0.717, 1.165) is 12.8 Å². The lowest BCUT2D eigenvalue weighted by Gasteiger charge is -2.37. The van der Waals surface area contributed by atoms with Crippen LogP contribution in [0.4, 0.5) is 0 Å². The summed E-state index contributed by atoms with van der Waals surface area (Å²) in [7, 11) is 0. The van der Waals surface area contributed by atoms with E-state index in [9.17, 15) is 9.59 Å². The molecule has 0 aromatic rings. The smallest absolute Gasteiger partial charge is 0.308 e. The number of carboxylic acids is 1. The van der Waals surface area contributed by atoms with Crippen molar-refractivity contribution >= 4 is 11.9 Å². The number of hydrogen-bond acceptors (Lipinski definition) is 2. The van der Waals surface area contributed by atoms with Gasteiger partial charge in [0.1, 0.15) is 0 Å². The molecule has 1 aliphatic heterocycles. The maximum atomic E-state index is 12.5. The van der Waals surface area contributed by atoms with Crippen LogP contribution in [0.3, 0.4) is 0 Å². The molecule has 1 saturated heterocycles. The Morgan fingerprint density at radius 2 is 2.00 bits per heavy atom. The fourth-order valence-electron chi connectivity index (χ4n) is 2.90. The van der Waals surface area contributed by atoms with Crippen molar-refractivity contribution < 1.29 is 14.7 Å². The van der Waals surface area contributed by atoms with Crippen LogP contribution in [0.15, 0.2) is 0 Å². The van der Waals surface area contributed by atoms with Gasteiger partial charge in [0.2, 0.25) is 5.91 Å². The van der Waals surface area contributed by atoms with Crippen molar-refractivity contribution in [1.82, 2.24) is 4.90 Å². The largest absolute Gasteiger partial charge is 0.481 e. The summed E-state index contributed by atoms with van der Waals surface area (Å²) in [5.41, 5.74) is -0.394. The predicted octanol–water partition coefficient (Wildman–Crippen LogP) is 2.38. The summed E-state index contributed by atoms with van der Waals surface area (Å²) in [5.74, 6) is -0.613. The molecule has 1 atom stereocenters. The number of rotatable bonds is 4. The number of likely N-dealkylation sites (tertiary alicyclic amines) is 1. The highest BCUT2D eigenvalue weighted by atomic mass is 16.4. The second-order valence-corrected chi connectivity index (χ2v) is 6.41. The molecule has 104 valence electrons. The van der Waals surface area contributed by atoms with Crippen molar-refractivity contribution in [3.63, 3.8) is 0 Å². The summed E-state index contributed by atoms with van der Waals surface area (Å²) < 4.78 is 0. The third-order valence-corrected chi connectivity index (χ3v) is 3.56. The maximum absolute atomic E-state index is 12.5. The summed E-state index contributed by atoms with van der Waals surface area (Å²) in [6, 6.07) is 0. The van der Waals surface area contributed by atoms with Gasteiger partial charge in [-0.05, 0) is 25.2 Å². The molecule has 4 heteroatoms. The molecule has 0 spiro atoms. The maximum Gasteiger partial charge on any atom is 0.308 e. The minimum Gasteiger partial charge on any atom is -0.481 e. The van der Waals surface area contributed by atoms with Crippen LogP contribution in [0, 0.1) is 17.3 Å². The van der Waals surface area contributed by atoms with E-state index >= 15 is 0 Å². The van der Waals surface area contributed by atoms with Crippen LogP contribution in [0.25, 0.3) is 0 Å². The number of carbonyl (C=O) groups excluding carboxylic acids is 1. The number of amides is 1. The van der Waals surface area contributed by atoms with Gasteiger partial charge in [0.05, 0.1) is 5.92 Å². The summed E-state index contributed by atoms with van der Waals surface area (Å²) in [6.07, 6.45) is 2.31. The molecule has 1 unspecified atom stereocenters. The van der Waals surface area contributed by atoms with Crippen molar-refractivity contribution in [2.24, 2.45) is 17.3 Å². The van der Waals surface area contributed by atoms with Gasteiger partial charge in [0.25, 0.3) is 0 Å². The lowest BCUT2D eigenvalue weighted by Crippen LogP contribution is -2.47. The molecule has 0 aliphatic carbocycles. The highest BCUT2D eigenvalue weighted by molar-refractivity contribution is 5.83. The average Bonchev–Trinajstić information content (AvgIpc) is 2.26. The lowest BCUT2D eigenvalue weighted by atomic mass is 9.82. The second-order valence-electron chi connectivity index (χ2n) is 6.41. The van der Waals surface area contributed by atoms with Crippen LogP contribution in [-0.2, 0) is 9.59 Å². The minimum absolute atomic E-state index is 0.0992. The first-order valence-electron chi connectivity index (χ1n) is 6.76. The monoisotopic (exact) mass is 255 g/mol. The van der Waals surface area contributed by atoms with E-state index in [1.54, 1.807) is 4.90 Å². The van der Waals surface area contributed by atoms with Crippen LogP contribution >= 0.6 is 0 Å². The Labute approximate surface area is 109 Å². The molecule has 4 nitrogen and oxygen atoms in total. The fraction of sp³-hybridized carbons (Fsp3) is 0.857. The molecule has 0 aromatic heterocycles. The molecule has 0 bridgehead atoms. The molecule has 18 heavy (non-hydrogen) atoms. The normalized spacial score (nSPS) is 21.2. The lowest BCUT2D eigenvalue weighted by molar-refractivity contribution is -0.149. The summed E-state index contributed by atoms with van der Waals surface area (Å²) in [5, 5.41) is 9.05. The van der Waals surface area contributed by atoms with Gasteiger partial charge in [0.15, 0.2) is 0 Å². The first-order valence-corrected chi connectivity index (χ1v) is 6.76. The van der Waals surface area contributed by atoms with Crippen LogP contribution in [-0.4, -0.2) is 35.0 Å². The predicted molar refractivity (Wildman–Crippen MR) is 70.2 cm³/mol. The van der Waals surface area contributed by atoms with Gasteiger partial charge in [-0.3, -0.25) is 9.59 Å². The van der Waals surface area contributed by atoms with Gasteiger partial charge < -0.3 is 10.0 Å². The average molecular weight is 255 g/mol. The number of carboxylic acid groups (broad SMARTS) is 1. The number of piperidine rings is 1. The van der Waals surface area contributed by atoms with Gasteiger partial charge >= 0.3 is 5.97 Å². The summed E-state index contributed by atoms with van der Waals surface area (Å²) >= 11 is 0.